The van der Waals surface area contributed by atoms with Gasteiger partial charge in [0.25, 0.3) is 0 Å². The van der Waals surface area contributed by atoms with Crippen molar-refractivity contribution in [2.45, 2.75) is 13.5 Å². The zero-order chi connectivity index (χ0) is 12.2. The van der Waals surface area contributed by atoms with Crippen LogP contribution in [0.15, 0.2) is 6.20 Å². The number of sulfone groups is 1. The van der Waals surface area contributed by atoms with Gasteiger partial charge in [-0.15, -0.1) is 11.3 Å². The number of hydrogen-bond acceptors (Lipinski definition) is 6. The second-order valence-electron chi connectivity index (χ2n) is 3.66. The highest BCUT2D eigenvalue weighted by Gasteiger charge is 2.09. The Kier molecular flexibility index (Phi) is 4.69. The highest BCUT2D eigenvalue weighted by molar-refractivity contribution is 7.90. The lowest BCUT2D eigenvalue weighted by Crippen LogP contribution is -2.28. The number of anilines is 1. The van der Waals surface area contributed by atoms with Gasteiger partial charge < -0.3 is 5.73 Å². The average Bonchev–Trinajstić information content (AvgIpc) is 2.57. The zero-order valence-corrected chi connectivity index (χ0v) is 11.1. The molecule has 0 amide bonds. The molecule has 0 aromatic carbocycles. The molecule has 0 saturated heterocycles. The van der Waals surface area contributed by atoms with Crippen molar-refractivity contribution in [3.05, 3.63) is 11.1 Å². The maximum atomic E-state index is 11.1. The van der Waals surface area contributed by atoms with Gasteiger partial charge in [-0.25, -0.2) is 13.4 Å². The van der Waals surface area contributed by atoms with Crippen molar-refractivity contribution in [3.63, 3.8) is 0 Å². The fourth-order valence-corrected chi connectivity index (χ4v) is 2.58. The van der Waals surface area contributed by atoms with Gasteiger partial charge >= 0.3 is 0 Å². The van der Waals surface area contributed by atoms with Crippen molar-refractivity contribution in [3.8, 4) is 0 Å². The van der Waals surface area contributed by atoms with Crippen LogP contribution in [0.1, 0.15) is 11.8 Å². The Labute approximate surface area is 100 Å². The van der Waals surface area contributed by atoms with Gasteiger partial charge in [-0.1, -0.05) is 6.92 Å². The summed E-state index contributed by atoms with van der Waals surface area (Å²) >= 11 is 1.44. The first kappa shape index (κ1) is 13.4. The van der Waals surface area contributed by atoms with Crippen LogP contribution in [-0.2, 0) is 16.4 Å². The molecule has 16 heavy (non-hydrogen) atoms. The molecule has 0 aliphatic heterocycles. The minimum Gasteiger partial charge on any atom is -0.375 e. The van der Waals surface area contributed by atoms with Crippen molar-refractivity contribution in [1.82, 2.24) is 9.88 Å². The summed E-state index contributed by atoms with van der Waals surface area (Å²) < 4.78 is 22.1. The van der Waals surface area contributed by atoms with Gasteiger partial charge in [0.2, 0.25) is 0 Å². The Bertz CT molecular complexity index is 428. The zero-order valence-electron chi connectivity index (χ0n) is 9.51. The second-order valence-corrected chi connectivity index (χ2v) is 7.07. The molecule has 0 fully saturated rings. The highest BCUT2D eigenvalue weighted by Crippen LogP contribution is 2.16. The Hall–Kier alpha value is -0.660. The molecule has 5 nitrogen and oxygen atoms in total. The molecule has 0 saturated carbocycles. The third kappa shape index (κ3) is 4.91. The molecule has 0 aliphatic rings. The SMILES string of the molecule is CCN(CCS(C)(=O)=O)Cc1cnc(N)s1. The topological polar surface area (TPSA) is 76.3 Å². The first-order valence-electron chi connectivity index (χ1n) is 5.01. The lowest BCUT2D eigenvalue weighted by atomic mass is 10.4. The third-order valence-electron chi connectivity index (χ3n) is 2.18. The van der Waals surface area contributed by atoms with E-state index in [-0.39, 0.29) is 5.75 Å². The summed E-state index contributed by atoms with van der Waals surface area (Å²) in [4.78, 5) is 7.09. The van der Waals surface area contributed by atoms with E-state index in [4.69, 9.17) is 5.73 Å². The predicted molar refractivity (Wildman–Crippen MR) is 67.2 cm³/mol. The van der Waals surface area contributed by atoms with Gasteiger partial charge in [0.15, 0.2) is 5.13 Å². The van der Waals surface area contributed by atoms with E-state index in [1.54, 1.807) is 6.20 Å². The van der Waals surface area contributed by atoms with E-state index in [2.05, 4.69) is 9.88 Å². The smallest absolute Gasteiger partial charge is 0.180 e. The van der Waals surface area contributed by atoms with Crippen LogP contribution in [0.5, 0.6) is 0 Å². The number of nitrogen functional groups attached to an aromatic ring is 1. The molecule has 1 aromatic heterocycles. The van der Waals surface area contributed by atoms with Crippen LogP contribution in [-0.4, -0.2) is 43.4 Å². The van der Waals surface area contributed by atoms with Gasteiger partial charge in [-0.05, 0) is 6.54 Å². The maximum absolute atomic E-state index is 11.1. The van der Waals surface area contributed by atoms with E-state index < -0.39 is 9.84 Å². The summed E-state index contributed by atoms with van der Waals surface area (Å²) in [5.74, 6) is 0.190. The highest BCUT2D eigenvalue weighted by atomic mass is 32.2. The number of nitrogens with two attached hydrogens (primary N) is 1. The van der Waals surface area contributed by atoms with Crippen LogP contribution in [0.25, 0.3) is 0 Å². The molecule has 0 bridgehead atoms. The van der Waals surface area contributed by atoms with Crippen molar-refractivity contribution in [2.75, 3.05) is 30.8 Å². The molecule has 1 heterocycles. The maximum Gasteiger partial charge on any atom is 0.180 e. The Morgan fingerprint density at radius 3 is 2.69 bits per heavy atom. The van der Waals surface area contributed by atoms with Gasteiger partial charge in [0.1, 0.15) is 9.84 Å². The summed E-state index contributed by atoms with van der Waals surface area (Å²) in [6.45, 7) is 4.08. The first-order chi connectivity index (χ1) is 7.40. The summed E-state index contributed by atoms with van der Waals surface area (Å²) in [5, 5.41) is 0.550. The average molecular weight is 263 g/mol. The lowest BCUT2D eigenvalue weighted by molar-refractivity contribution is 0.299. The van der Waals surface area contributed by atoms with Gasteiger partial charge in [0.05, 0.1) is 5.75 Å². The van der Waals surface area contributed by atoms with Crippen LogP contribution >= 0.6 is 11.3 Å². The van der Waals surface area contributed by atoms with E-state index in [0.717, 1.165) is 11.4 Å². The lowest BCUT2D eigenvalue weighted by Gasteiger charge is -2.18. The minimum atomic E-state index is -2.89. The summed E-state index contributed by atoms with van der Waals surface area (Å²) in [6, 6.07) is 0. The molecule has 0 spiro atoms. The molecule has 0 radical (unpaired) electrons. The third-order valence-corrected chi connectivity index (χ3v) is 3.91. The molecule has 7 heteroatoms. The molecular formula is C9H17N3O2S2. The quantitative estimate of drug-likeness (QED) is 0.813. The van der Waals surface area contributed by atoms with Gasteiger partial charge in [-0.2, -0.15) is 0 Å². The van der Waals surface area contributed by atoms with Crippen LogP contribution in [0.2, 0.25) is 0 Å². The molecule has 2 N–H and O–H groups in total. The Balaban J connectivity index is 2.49. The van der Waals surface area contributed by atoms with Crippen molar-refractivity contribution < 1.29 is 8.42 Å². The fraction of sp³-hybridized carbons (Fsp3) is 0.667. The predicted octanol–water partition coefficient (Wildman–Crippen LogP) is 0.592. The van der Waals surface area contributed by atoms with E-state index in [9.17, 15) is 8.42 Å². The number of rotatable bonds is 6. The first-order valence-corrected chi connectivity index (χ1v) is 7.88. The van der Waals surface area contributed by atoms with Crippen LogP contribution < -0.4 is 5.73 Å². The summed E-state index contributed by atoms with van der Waals surface area (Å²) in [7, 11) is -2.89. The normalized spacial score (nSPS) is 12.2. The number of thiazole rings is 1. The van der Waals surface area contributed by atoms with E-state index in [0.29, 0.717) is 18.2 Å². The fourth-order valence-electron chi connectivity index (χ4n) is 1.26. The molecular weight excluding hydrogens is 246 g/mol. The van der Waals surface area contributed by atoms with Crippen molar-refractivity contribution >= 4 is 26.3 Å². The largest absolute Gasteiger partial charge is 0.375 e. The Morgan fingerprint density at radius 2 is 2.25 bits per heavy atom. The molecule has 0 atom stereocenters. The number of hydrogen-bond donors (Lipinski definition) is 1. The van der Waals surface area contributed by atoms with Crippen molar-refractivity contribution in [1.29, 1.82) is 0 Å². The summed E-state index contributed by atoms with van der Waals surface area (Å²) in [5.41, 5.74) is 5.53. The molecule has 92 valence electrons. The molecule has 0 unspecified atom stereocenters. The summed E-state index contributed by atoms with van der Waals surface area (Å²) in [6.07, 6.45) is 2.99. The van der Waals surface area contributed by atoms with E-state index in [1.165, 1.54) is 17.6 Å². The second kappa shape index (κ2) is 5.60. The van der Waals surface area contributed by atoms with Crippen LogP contribution in [0, 0.1) is 0 Å². The standard InChI is InChI=1S/C9H17N3O2S2/c1-3-12(4-5-16(2,13)14)7-8-6-11-9(10)15-8/h6H,3-5,7H2,1-2H3,(H2,10,11). The molecule has 0 aliphatic carbocycles. The molecule has 1 aromatic rings. The monoisotopic (exact) mass is 263 g/mol. The molecule has 1 rings (SSSR count). The van der Waals surface area contributed by atoms with Gasteiger partial charge in [-0.3, -0.25) is 4.90 Å². The number of aromatic nitrogens is 1. The van der Waals surface area contributed by atoms with Crippen LogP contribution in [0.3, 0.4) is 0 Å². The number of nitrogens with zero attached hydrogens (tertiary/aromatic N) is 2. The minimum absolute atomic E-state index is 0.190. The van der Waals surface area contributed by atoms with E-state index in [1.807, 2.05) is 6.92 Å². The Morgan fingerprint density at radius 1 is 1.56 bits per heavy atom. The van der Waals surface area contributed by atoms with Crippen molar-refractivity contribution in [2.24, 2.45) is 0 Å². The van der Waals surface area contributed by atoms with E-state index >= 15 is 0 Å². The van der Waals surface area contributed by atoms with Crippen LogP contribution in [0.4, 0.5) is 5.13 Å². The van der Waals surface area contributed by atoms with Gasteiger partial charge in [0, 0.05) is 30.4 Å².